The van der Waals surface area contributed by atoms with Crippen LogP contribution in [0, 0.1) is 0 Å². The maximum Gasteiger partial charge on any atom is 0.200 e. The normalized spacial score (nSPS) is 11.8. The Bertz CT molecular complexity index is 837. The molecule has 2 nitrogen and oxygen atoms in total. The first kappa shape index (κ1) is 13.6. The second-order valence-corrected chi connectivity index (χ2v) is 6.31. The average molecular weight is 278 g/mol. The molecule has 0 aliphatic heterocycles. The van der Waals surface area contributed by atoms with Crippen molar-refractivity contribution in [2.45, 2.75) is 26.2 Å². The lowest BCUT2D eigenvalue weighted by molar-refractivity contribution is 0.579. The second-order valence-electron chi connectivity index (χ2n) is 6.31. The molecule has 0 unspecified atom stereocenters. The Kier molecular flexibility index (Phi) is 3.17. The molecule has 0 fully saturated rings. The van der Waals surface area contributed by atoms with Crippen molar-refractivity contribution in [2.24, 2.45) is 0 Å². The smallest absolute Gasteiger partial charge is 0.200 e. The monoisotopic (exact) mass is 278 g/mol. The van der Waals surface area contributed by atoms with Crippen molar-refractivity contribution in [3.63, 3.8) is 0 Å². The zero-order valence-corrected chi connectivity index (χ0v) is 12.5. The van der Waals surface area contributed by atoms with Crippen LogP contribution in [-0.4, -0.2) is 0 Å². The summed E-state index contributed by atoms with van der Waals surface area (Å²) >= 11 is 0. The van der Waals surface area contributed by atoms with Crippen LogP contribution in [-0.2, 0) is 5.41 Å². The molecule has 3 rings (SSSR count). The molecule has 0 aliphatic carbocycles. The minimum atomic E-state index is 0.0166. The minimum absolute atomic E-state index is 0.0166. The van der Waals surface area contributed by atoms with Gasteiger partial charge < -0.3 is 4.42 Å². The standard InChI is InChI=1S/C19H18O2/c1-19(2,3)14-9-10-15-17(11-14)21-12-16(18(15)20)13-7-5-4-6-8-13/h4-12H,1-3H3. The largest absolute Gasteiger partial charge is 0.463 e. The molecule has 0 saturated carbocycles. The van der Waals surface area contributed by atoms with E-state index in [1.807, 2.05) is 48.5 Å². The lowest BCUT2D eigenvalue weighted by Gasteiger charge is -2.19. The summed E-state index contributed by atoms with van der Waals surface area (Å²) < 4.78 is 5.71. The molecule has 0 aliphatic rings. The maximum absolute atomic E-state index is 12.6. The molecule has 0 bridgehead atoms. The lowest BCUT2D eigenvalue weighted by Crippen LogP contribution is -2.12. The van der Waals surface area contributed by atoms with Crippen LogP contribution in [0.25, 0.3) is 22.1 Å². The van der Waals surface area contributed by atoms with Gasteiger partial charge in [0.05, 0.1) is 10.9 Å². The van der Waals surface area contributed by atoms with E-state index in [9.17, 15) is 4.79 Å². The van der Waals surface area contributed by atoms with Crippen LogP contribution in [0.3, 0.4) is 0 Å². The molecule has 0 atom stereocenters. The van der Waals surface area contributed by atoms with Crippen LogP contribution < -0.4 is 5.43 Å². The van der Waals surface area contributed by atoms with E-state index in [2.05, 4.69) is 20.8 Å². The minimum Gasteiger partial charge on any atom is -0.463 e. The van der Waals surface area contributed by atoms with Crippen molar-refractivity contribution in [3.05, 3.63) is 70.6 Å². The average Bonchev–Trinajstić information content (AvgIpc) is 2.47. The van der Waals surface area contributed by atoms with E-state index < -0.39 is 0 Å². The van der Waals surface area contributed by atoms with Crippen molar-refractivity contribution in [2.75, 3.05) is 0 Å². The number of hydrogen-bond acceptors (Lipinski definition) is 2. The Labute approximate surface area is 124 Å². The Morgan fingerprint density at radius 2 is 1.67 bits per heavy atom. The van der Waals surface area contributed by atoms with Gasteiger partial charge >= 0.3 is 0 Å². The zero-order valence-electron chi connectivity index (χ0n) is 12.5. The predicted molar refractivity (Wildman–Crippen MR) is 86.6 cm³/mol. The molecule has 2 aromatic carbocycles. The molecule has 1 aromatic heterocycles. The lowest BCUT2D eigenvalue weighted by atomic mass is 9.86. The molecular weight excluding hydrogens is 260 g/mol. The van der Waals surface area contributed by atoms with Gasteiger partial charge in [-0.3, -0.25) is 4.79 Å². The van der Waals surface area contributed by atoms with Gasteiger partial charge in [0.2, 0.25) is 0 Å². The van der Waals surface area contributed by atoms with Gasteiger partial charge in [0, 0.05) is 0 Å². The second kappa shape index (κ2) is 4.88. The van der Waals surface area contributed by atoms with Gasteiger partial charge in [-0.2, -0.15) is 0 Å². The molecule has 0 N–H and O–H groups in total. The van der Waals surface area contributed by atoms with Crippen molar-refractivity contribution in [3.8, 4) is 11.1 Å². The third-order valence-electron chi connectivity index (χ3n) is 3.73. The van der Waals surface area contributed by atoms with Crippen LogP contribution in [0.5, 0.6) is 0 Å². The van der Waals surface area contributed by atoms with E-state index in [1.165, 1.54) is 0 Å². The Morgan fingerprint density at radius 1 is 0.952 bits per heavy atom. The van der Waals surface area contributed by atoms with E-state index in [0.29, 0.717) is 16.5 Å². The maximum atomic E-state index is 12.6. The molecular formula is C19H18O2. The fourth-order valence-electron chi connectivity index (χ4n) is 2.41. The highest BCUT2D eigenvalue weighted by atomic mass is 16.3. The molecule has 0 amide bonds. The van der Waals surface area contributed by atoms with Gasteiger partial charge in [0.15, 0.2) is 5.43 Å². The Morgan fingerprint density at radius 3 is 2.33 bits per heavy atom. The van der Waals surface area contributed by atoms with E-state index >= 15 is 0 Å². The molecule has 0 spiro atoms. The molecule has 3 aromatic rings. The molecule has 1 heterocycles. The van der Waals surface area contributed by atoms with Gasteiger partial charge in [-0.15, -0.1) is 0 Å². The summed E-state index contributed by atoms with van der Waals surface area (Å²) in [5.74, 6) is 0. The highest BCUT2D eigenvalue weighted by Gasteiger charge is 2.16. The fourth-order valence-corrected chi connectivity index (χ4v) is 2.41. The first-order valence-electron chi connectivity index (χ1n) is 7.08. The summed E-state index contributed by atoms with van der Waals surface area (Å²) in [4.78, 5) is 12.6. The Balaban J connectivity index is 2.22. The van der Waals surface area contributed by atoms with Gasteiger partial charge in [0.25, 0.3) is 0 Å². The summed E-state index contributed by atoms with van der Waals surface area (Å²) in [6.45, 7) is 6.43. The third kappa shape index (κ3) is 2.49. The Hall–Kier alpha value is -2.35. The topological polar surface area (TPSA) is 30.2 Å². The van der Waals surface area contributed by atoms with Crippen molar-refractivity contribution >= 4 is 11.0 Å². The summed E-state index contributed by atoms with van der Waals surface area (Å²) in [5, 5.41) is 0.629. The van der Waals surface area contributed by atoms with Crippen molar-refractivity contribution < 1.29 is 4.42 Å². The van der Waals surface area contributed by atoms with E-state index in [-0.39, 0.29) is 10.8 Å². The van der Waals surface area contributed by atoms with Gasteiger partial charge in [0.1, 0.15) is 11.8 Å². The van der Waals surface area contributed by atoms with Crippen LogP contribution in [0.1, 0.15) is 26.3 Å². The quantitative estimate of drug-likeness (QED) is 0.642. The van der Waals surface area contributed by atoms with Gasteiger partial charge in [-0.1, -0.05) is 57.2 Å². The van der Waals surface area contributed by atoms with Crippen molar-refractivity contribution in [1.82, 2.24) is 0 Å². The van der Waals surface area contributed by atoms with Gasteiger partial charge in [-0.05, 0) is 28.7 Å². The van der Waals surface area contributed by atoms with Crippen molar-refractivity contribution in [1.29, 1.82) is 0 Å². The number of benzene rings is 2. The van der Waals surface area contributed by atoms with E-state index in [4.69, 9.17) is 4.42 Å². The van der Waals surface area contributed by atoms with Gasteiger partial charge in [-0.25, -0.2) is 0 Å². The zero-order chi connectivity index (χ0) is 15.0. The highest BCUT2D eigenvalue weighted by Crippen LogP contribution is 2.26. The third-order valence-corrected chi connectivity index (χ3v) is 3.73. The molecule has 0 saturated heterocycles. The number of fused-ring (bicyclic) bond motifs is 1. The van der Waals surface area contributed by atoms with Crippen LogP contribution >= 0.6 is 0 Å². The fraction of sp³-hybridized carbons (Fsp3) is 0.211. The predicted octanol–water partition coefficient (Wildman–Crippen LogP) is 4.76. The summed E-state index contributed by atoms with van der Waals surface area (Å²) in [6.07, 6.45) is 1.56. The summed E-state index contributed by atoms with van der Waals surface area (Å²) in [6, 6.07) is 15.4. The van der Waals surface area contributed by atoms with E-state index in [0.717, 1.165) is 11.1 Å². The number of rotatable bonds is 1. The van der Waals surface area contributed by atoms with Crippen LogP contribution in [0.2, 0.25) is 0 Å². The SMILES string of the molecule is CC(C)(C)c1ccc2c(=O)c(-c3ccccc3)coc2c1. The number of hydrogen-bond donors (Lipinski definition) is 0. The molecule has 2 heteroatoms. The first-order valence-corrected chi connectivity index (χ1v) is 7.08. The molecule has 21 heavy (non-hydrogen) atoms. The highest BCUT2D eigenvalue weighted by molar-refractivity contribution is 5.82. The molecule has 0 radical (unpaired) electrons. The summed E-state index contributed by atoms with van der Waals surface area (Å²) in [5.41, 5.74) is 3.34. The van der Waals surface area contributed by atoms with Crippen LogP contribution in [0.15, 0.2) is 64.0 Å². The first-order chi connectivity index (χ1) is 9.97. The molecule has 106 valence electrons. The summed E-state index contributed by atoms with van der Waals surface area (Å²) in [7, 11) is 0. The van der Waals surface area contributed by atoms with Crippen LogP contribution in [0.4, 0.5) is 0 Å². The van der Waals surface area contributed by atoms with E-state index in [1.54, 1.807) is 6.26 Å².